The van der Waals surface area contributed by atoms with Crippen LogP contribution in [0.4, 0.5) is 14.9 Å². The van der Waals surface area contributed by atoms with Crippen molar-refractivity contribution in [2.45, 2.75) is 19.3 Å². The highest BCUT2D eigenvalue weighted by Gasteiger charge is 2.17. The van der Waals surface area contributed by atoms with Crippen molar-refractivity contribution in [2.75, 3.05) is 25.0 Å². The molecule has 0 radical (unpaired) electrons. The third kappa shape index (κ3) is 3.72. The lowest BCUT2D eigenvalue weighted by atomic mass is 10.1. The van der Waals surface area contributed by atoms with Crippen LogP contribution in [-0.4, -0.2) is 35.7 Å². The van der Waals surface area contributed by atoms with Crippen LogP contribution in [-0.2, 0) is 0 Å². The van der Waals surface area contributed by atoms with Crippen LogP contribution in [0.5, 0.6) is 0 Å². The Hall–Kier alpha value is -2.06. The number of carbonyl (C=O) groups is 1. The van der Waals surface area contributed by atoms with Crippen molar-refractivity contribution >= 4 is 11.7 Å². The summed E-state index contributed by atoms with van der Waals surface area (Å²) in [5.41, 5.74) is 0.614. The van der Waals surface area contributed by atoms with E-state index >= 15 is 0 Å². The summed E-state index contributed by atoms with van der Waals surface area (Å²) in [5, 5.41) is 11.2. The summed E-state index contributed by atoms with van der Waals surface area (Å²) in [7, 11) is 0. The minimum Gasteiger partial charge on any atom is -0.384 e. The molecule has 2 amide bonds. The minimum atomic E-state index is -0.528. The lowest BCUT2D eigenvalue weighted by Crippen LogP contribution is -2.38. The second-order valence-electron chi connectivity index (χ2n) is 4.63. The van der Waals surface area contributed by atoms with Gasteiger partial charge in [0.25, 0.3) is 0 Å². The van der Waals surface area contributed by atoms with Gasteiger partial charge in [-0.15, -0.1) is 0 Å². The number of benzene rings is 1. The van der Waals surface area contributed by atoms with Crippen LogP contribution in [0.1, 0.15) is 24.8 Å². The number of nitrogens with zero attached hydrogens (tertiary/aromatic N) is 1. The van der Waals surface area contributed by atoms with Gasteiger partial charge in [-0.3, -0.25) is 0 Å². The van der Waals surface area contributed by atoms with Gasteiger partial charge in [0.1, 0.15) is 12.4 Å². The fourth-order valence-electron chi connectivity index (χ4n) is 2.13. The highest BCUT2D eigenvalue weighted by molar-refractivity contribution is 5.89. The van der Waals surface area contributed by atoms with Gasteiger partial charge in [-0.25, -0.2) is 9.18 Å². The molecule has 20 heavy (non-hydrogen) atoms. The molecule has 0 aliphatic carbocycles. The maximum absolute atomic E-state index is 13.8. The molecule has 1 saturated heterocycles. The monoisotopic (exact) mass is 276 g/mol. The molecule has 0 atom stereocenters. The quantitative estimate of drug-likeness (QED) is 0.773. The van der Waals surface area contributed by atoms with E-state index in [1.807, 2.05) is 0 Å². The molecule has 5 heteroatoms. The summed E-state index contributed by atoms with van der Waals surface area (Å²) in [6, 6.07) is 4.07. The third-order valence-corrected chi connectivity index (χ3v) is 3.17. The van der Waals surface area contributed by atoms with Crippen molar-refractivity contribution in [1.82, 2.24) is 4.90 Å². The summed E-state index contributed by atoms with van der Waals surface area (Å²) < 4.78 is 13.8. The first-order valence-corrected chi connectivity index (χ1v) is 6.66. The molecule has 0 unspecified atom stereocenters. The molecule has 0 aromatic heterocycles. The maximum atomic E-state index is 13.8. The zero-order valence-corrected chi connectivity index (χ0v) is 11.2. The van der Waals surface area contributed by atoms with E-state index in [-0.39, 0.29) is 18.3 Å². The molecule has 2 N–H and O–H groups in total. The van der Waals surface area contributed by atoms with Crippen LogP contribution >= 0.6 is 0 Å². The first kappa shape index (κ1) is 14.4. The zero-order valence-electron chi connectivity index (χ0n) is 11.2. The van der Waals surface area contributed by atoms with Gasteiger partial charge in [0.15, 0.2) is 0 Å². The van der Waals surface area contributed by atoms with E-state index < -0.39 is 5.82 Å². The number of amides is 2. The number of piperidine rings is 1. The number of rotatable bonds is 1. The predicted octanol–water partition coefficient (Wildman–Crippen LogP) is 2.19. The molecule has 0 saturated carbocycles. The zero-order chi connectivity index (χ0) is 14.4. The highest BCUT2D eigenvalue weighted by Crippen LogP contribution is 2.17. The number of hydrogen-bond acceptors (Lipinski definition) is 2. The standard InChI is InChI=1S/C15H17FN2O2/c16-13-11-12(5-4-10-19)6-7-14(13)17-15(20)18-8-2-1-3-9-18/h6-7,11,19H,1-3,8-10H2,(H,17,20). The molecule has 106 valence electrons. The molecule has 1 heterocycles. The Morgan fingerprint density at radius 1 is 1.35 bits per heavy atom. The van der Waals surface area contributed by atoms with E-state index in [2.05, 4.69) is 17.2 Å². The number of aliphatic hydroxyl groups is 1. The summed E-state index contributed by atoms with van der Waals surface area (Å²) >= 11 is 0. The minimum absolute atomic E-state index is 0.148. The van der Waals surface area contributed by atoms with E-state index in [0.717, 1.165) is 19.3 Å². The number of halogens is 1. The van der Waals surface area contributed by atoms with E-state index in [1.54, 1.807) is 11.0 Å². The predicted molar refractivity (Wildman–Crippen MR) is 74.8 cm³/mol. The van der Waals surface area contributed by atoms with Gasteiger partial charge >= 0.3 is 6.03 Å². The number of likely N-dealkylation sites (tertiary alicyclic amines) is 1. The topological polar surface area (TPSA) is 52.6 Å². The number of nitrogens with one attached hydrogen (secondary N) is 1. The second-order valence-corrected chi connectivity index (χ2v) is 4.63. The Morgan fingerprint density at radius 2 is 2.10 bits per heavy atom. The van der Waals surface area contributed by atoms with Crippen LogP contribution in [0.15, 0.2) is 18.2 Å². The normalized spacial score (nSPS) is 14.4. The second kappa shape index (κ2) is 6.92. The Labute approximate surface area is 117 Å². The fraction of sp³-hybridized carbons (Fsp3) is 0.400. The van der Waals surface area contributed by atoms with E-state index in [0.29, 0.717) is 18.7 Å². The van der Waals surface area contributed by atoms with Gasteiger partial charge in [-0.2, -0.15) is 0 Å². The Morgan fingerprint density at radius 3 is 2.75 bits per heavy atom. The van der Waals surface area contributed by atoms with Crippen molar-refractivity contribution < 1.29 is 14.3 Å². The third-order valence-electron chi connectivity index (χ3n) is 3.17. The maximum Gasteiger partial charge on any atom is 0.321 e. The van der Waals surface area contributed by atoms with Crippen LogP contribution in [0.25, 0.3) is 0 Å². The van der Waals surface area contributed by atoms with Crippen molar-refractivity contribution in [1.29, 1.82) is 0 Å². The van der Waals surface area contributed by atoms with E-state index in [9.17, 15) is 9.18 Å². The number of aliphatic hydroxyl groups excluding tert-OH is 1. The van der Waals surface area contributed by atoms with Gasteiger partial charge in [0, 0.05) is 18.7 Å². The molecule has 1 aliphatic rings. The van der Waals surface area contributed by atoms with Crippen molar-refractivity contribution in [3.8, 4) is 11.8 Å². The Bertz CT molecular complexity index is 543. The Balaban J connectivity index is 2.03. The lowest BCUT2D eigenvalue weighted by Gasteiger charge is -2.26. The molecule has 1 aromatic carbocycles. The number of hydrogen-bond donors (Lipinski definition) is 2. The van der Waals surface area contributed by atoms with Crippen LogP contribution in [0.3, 0.4) is 0 Å². The lowest BCUT2D eigenvalue weighted by molar-refractivity contribution is 0.200. The van der Waals surface area contributed by atoms with Gasteiger partial charge in [0.2, 0.25) is 0 Å². The van der Waals surface area contributed by atoms with Crippen LogP contribution < -0.4 is 5.32 Å². The molecule has 1 aliphatic heterocycles. The molecule has 0 bridgehead atoms. The molecule has 2 rings (SSSR count). The smallest absolute Gasteiger partial charge is 0.321 e. The number of carbonyl (C=O) groups excluding carboxylic acids is 1. The van der Waals surface area contributed by atoms with Crippen molar-refractivity contribution in [3.05, 3.63) is 29.6 Å². The summed E-state index contributed by atoms with van der Waals surface area (Å²) in [5.74, 6) is 4.54. The van der Waals surface area contributed by atoms with Crippen LogP contribution in [0, 0.1) is 17.7 Å². The summed E-state index contributed by atoms with van der Waals surface area (Å²) in [4.78, 5) is 13.7. The SMILES string of the molecule is O=C(Nc1ccc(C#CCO)cc1F)N1CCCCC1. The Kier molecular flexibility index (Phi) is 4.97. The fourth-order valence-corrected chi connectivity index (χ4v) is 2.13. The molecular formula is C15H17FN2O2. The molecular weight excluding hydrogens is 259 g/mol. The highest BCUT2D eigenvalue weighted by atomic mass is 19.1. The molecule has 4 nitrogen and oxygen atoms in total. The molecule has 1 fully saturated rings. The van der Waals surface area contributed by atoms with Crippen LogP contribution in [0.2, 0.25) is 0 Å². The largest absolute Gasteiger partial charge is 0.384 e. The number of urea groups is 1. The van der Waals surface area contributed by atoms with Gasteiger partial charge < -0.3 is 15.3 Å². The number of anilines is 1. The summed E-state index contributed by atoms with van der Waals surface area (Å²) in [6.07, 6.45) is 3.12. The van der Waals surface area contributed by atoms with Gasteiger partial charge in [0.05, 0.1) is 5.69 Å². The van der Waals surface area contributed by atoms with Crippen molar-refractivity contribution in [2.24, 2.45) is 0 Å². The van der Waals surface area contributed by atoms with Gasteiger partial charge in [-0.1, -0.05) is 11.8 Å². The van der Waals surface area contributed by atoms with E-state index in [1.165, 1.54) is 12.1 Å². The molecule has 1 aromatic rings. The first-order valence-electron chi connectivity index (χ1n) is 6.66. The van der Waals surface area contributed by atoms with Gasteiger partial charge in [-0.05, 0) is 37.5 Å². The first-order chi connectivity index (χ1) is 9.70. The van der Waals surface area contributed by atoms with Crippen molar-refractivity contribution in [3.63, 3.8) is 0 Å². The van der Waals surface area contributed by atoms with E-state index in [4.69, 9.17) is 5.11 Å². The average molecular weight is 276 g/mol. The molecule has 0 spiro atoms. The summed E-state index contributed by atoms with van der Waals surface area (Å²) in [6.45, 7) is 1.16. The average Bonchev–Trinajstić information content (AvgIpc) is 2.48.